The minimum Gasteiger partial charge on any atom is -0.338 e. The molecule has 0 aromatic rings. The molecule has 3 atom stereocenters. The molecule has 2 rings (SSSR count). The van der Waals surface area contributed by atoms with Crippen LogP contribution in [0.15, 0.2) is 0 Å². The van der Waals surface area contributed by atoms with Crippen molar-refractivity contribution < 1.29 is 4.79 Å². The van der Waals surface area contributed by atoms with Gasteiger partial charge in [-0.15, -0.1) is 0 Å². The summed E-state index contributed by atoms with van der Waals surface area (Å²) in [4.78, 5) is 13.9. The van der Waals surface area contributed by atoms with Gasteiger partial charge in [-0.1, -0.05) is 13.3 Å². The van der Waals surface area contributed by atoms with E-state index in [0.717, 1.165) is 18.9 Å². The van der Waals surface area contributed by atoms with Crippen LogP contribution in [0.1, 0.15) is 32.6 Å². The molecule has 0 aromatic heterocycles. The molecule has 3 nitrogen and oxygen atoms in total. The third-order valence-electron chi connectivity index (χ3n) is 3.53. The summed E-state index contributed by atoms with van der Waals surface area (Å²) in [6.07, 6.45) is 4.78. The molecule has 0 bridgehead atoms. The van der Waals surface area contributed by atoms with E-state index in [9.17, 15) is 4.79 Å². The molecule has 0 aromatic carbocycles. The zero-order valence-corrected chi connectivity index (χ0v) is 9.12. The summed E-state index contributed by atoms with van der Waals surface area (Å²) < 4.78 is 0. The lowest BCUT2D eigenvalue weighted by molar-refractivity contribution is -0.129. The topological polar surface area (TPSA) is 32.3 Å². The van der Waals surface area contributed by atoms with Gasteiger partial charge in [-0.25, -0.2) is 0 Å². The maximum Gasteiger partial charge on any atom is 0.240 e. The Kier molecular flexibility index (Phi) is 2.77. The second-order valence-electron chi connectivity index (χ2n) is 4.51. The number of amides is 1. The number of hydrogen-bond acceptors (Lipinski definition) is 2. The quantitative estimate of drug-likeness (QED) is 0.727. The number of likely N-dealkylation sites (N-methyl/N-ethyl adjacent to an activating group) is 1. The molecule has 80 valence electrons. The summed E-state index contributed by atoms with van der Waals surface area (Å²) in [6.45, 7) is 3.19. The van der Waals surface area contributed by atoms with Gasteiger partial charge in [0.2, 0.25) is 5.91 Å². The third-order valence-corrected chi connectivity index (χ3v) is 3.53. The molecule has 1 aliphatic heterocycles. The van der Waals surface area contributed by atoms with Gasteiger partial charge in [-0.3, -0.25) is 4.79 Å². The van der Waals surface area contributed by atoms with Crippen molar-refractivity contribution in [2.24, 2.45) is 5.92 Å². The maximum atomic E-state index is 11.8. The molecule has 1 heterocycles. The molecule has 3 heteroatoms. The Labute approximate surface area is 85.8 Å². The van der Waals surface area contributed by atoms with Gasteiger partial charge in [-0.05, 0) is 32.2 Å². The fraction of sp³-hybridized carbons (Fsp3) is 0.909. The molecular formula is C11H20N2O. The van der Waals surface area contributed by atoms with Crippen LogP contribution in [0, 0.1) is 5.92 Å². The summed E-state index contributed by atoms with van der Waals surface area (Å²) >= 11 is 0. The van der Waals surface area contributed by atoms with Crippen molar-refractivity contribution in [2.45, 2.75) is 44.7 Å². The first-order valence-electron chi connectivity index (χ1n) is 5.75. The van der Waals surface area contributed by atoms with Crippen LogP contribution in [-0.4, -0.2) is 36.5 Å². The van der Waals surface area contributed by atoms with Crippen molar-refractivity contribution in [1.82, 2.24) is 10.2 Å². The van der Waals surface area contributed by atoms with E-state index in [1.54, 1.807) is 0 Å². The molecular weight excluding hydrogens is 176 g/mol. The summed E-state index contributed by atoms with van der Waals surface area (Å²) in [5.41, 5.74) is 0. The third kappa shape index (κ3) is 1.65. The predicted molar refractivity (Wildman–Crippen MR) is 56.0 cm³/mol. The lowest BCUT2D eigenvalue weighted by atomic mass is 10.2. The van der Waals surface area contributed by atoms with Gasteiger partial charge >= 0.3 is 0 Å². The highest BCUT2D eigenvalue weighted by molar-refractivity contribution is 5.84. The van der Waals surface area contributed by atoms with E-state index < -0.39 is 0 Å². The highest BCUT2D eigenvalue weighted by Gasteiger charge is 2.46. The lowest BCUT2D eigenvalue weighted by Crippen LogP contribution is -2.37. The van der Waals surface area contributed by atoms with Gasteiger partial charge < -0.3 is 10.2 Å². The van der Waals surface area contributed by atoms with E-state index in [-0.39, 0.29) is 6.04 Å². The van der Waals surface area contributed by atoms with Crippen LogP contribution in [0.25, 0.3) is 0 Å². The minimum atomic E-state index is 0.0953. The van der Waals surface area contributed by atoms with Crippen molar-refractivity contribution in [3.8, 4) is 0 Å². The summed E-state index contributed by atoms with van der Waals surface area (Å²) in [5.74, 6) is 1.13. The number of carbonyl (C=O) groups is 1. The van der Waals surface area contributed by atoms with Crippen LogP contribution in [0.5, 0.6) is 0 Å². The van der Waals surface area contributed by atoms with Crippen molar-refractivity contribution >= 4 is 5.91 Å². The fourth-order valence-electron chi connectivity index (χ4n) is 2.59. The molecule has 1 amide bonds. The first kappa shape index (κ1) is 9.97. The Balaban J connectivity index is 1.86. The van der Waals surface area contributed by atoms with Crippen LogP contribution in [0.2, 0.25) is 0 Å². The van der Waals surface area contributed by atoms with Crippen molar-refractivity contribution in [3.05, 3.63) is 0 Å². The first-order chi connectivity index (χ1) is 6.77. The van der Waals surface area contributed by atoms with Gasteiger partial charge in [0.1, 0.15) is 0 Å². The molecule has 0 spiro atoms. The summed E-state index contributed by atoms with van der Waals surface area (Å²) in [5, 5.41) is 3.08. The Morgan fingerprint density at radius 1 is 1.57 bits per heavy atom. The zero-order valence-electron chi connectivity index (χ0n) is 9.12. The summed E-state index contributed by atoms with van der Waals surface area (Å²) in [7, 11) is 1.88. The molecule has 1 aliphatic carbocycles. The maximum absolute atomic E-state index is 11.8. The monoisotopic (exact) mass is 196 g/mol. The molecule has 2 aliphatic rings. The van der Waals surface area contributed by atoms with Crippen LogP contribution >= 0.6 is 0 Å². The molecule has 1 N–H and O–H groups in total. The Hall–Kier alpha value is -0.570. The van der Waals surface area contributed by atoms with Gasteiger partial charge in [0.15, 0.2) is 0 Å². The van der Waals surface area contributed by atoms with Crippen molar-refractivity contribution in [3.63, 3.8) is 0 Å². The Morgan fingerprint density at radius 2 is 2.36 bits per heavy atom. The second kappa shape index (κ2) is 3.89. The zero-order chi connectivity index (χ0) is 10.1. The standard InChI is InChI=1S/C11H20N2O/c1-3-4-8-7-10(8)13-6-5-9(12-2)11(13)14/h8-10,12H,3-7H2,1-2H3. The van der Waals surface area contributed by atoms with Crippen molar-refractivity contribution in [2.75, 3.05) is 13.6 Å². The molecule has 2 fully saturated rings. The van der Waals surface area contributed by atoms with Gasteiger partial charge in [0.25, 0.3) is 0 Å². The Morgan fingerprint density at radius 3 is 2.93 bits per heavy atom. The van der Waals surface area contributed by atoms with Gasteiger partial charge in [0, 0.05) is 12.6 Å². The van der Waals surface area contributed by atoms with E-state index in [4.69, 9.17) is 0 Å². The summed E-state index contributed by atoms with van der Waals surface area (Å²) in [6, 6.07) is 0.679. The van der Waals surface area contributed by atoms with Gasteiger partial charge in [0.05, 0.1) is 6.04 Å². The van der Waals surface area contributed by atoms with Crippen LogP contribution in [-0.2, 0) is 4.79 Å². The molecule has 0 radical (unpaired) electrons. The van der Waals surface area contributed by atoms with Crippen LogP contribution < -0.4 is 5.32 Å². The van der Waals surface area contributed by atoms with E-state index in [2.05, 4.69) is 17.1 Å². The normalized spacial score (nSPS) is 36.6. The first-order valence-corrected chi connectivity index (χ1v) is 5.75. The molecule has 1 saturated heterocycles. The number of nitrogens with zero attached hydrogens (tertiary/aromatic N) is 1. The largest absolute Gasteiger partial charge is 0.338 e. The molecule has 1 saturated carbocycles. The highest BCUT2D eigenvalue weighted by atomic mass is 16.2. The van der Waals surface area contributed by atoms with E-state index in [1.807, 2.05) is 7.05 Å². The molecule has 3 unspecified atom stereocenters. The predicted octanol–water partition coefficient (Wildman–Crippen LogP) is 0.995. The van der Waals surface area contributed by atoms with Crippen LogP contribution in [0.4, 0.5) is 0 Å². The number of carbonyl (C=O) groups excluding carboxylic acids is 1. The Bertz CT molecular complexity index is 229. The second-order valence-corrected chi connectivity index (χ2v) is 4.51. The average Bonchev–Trinajstić information content (AvgIpc) is 2.83. The van der Waals surface area contributed by atoms with E-state index in [0.29, 0.717) is 11.9 Å². The lowest BCUT2D eigenvalue weighted by Gasteiger charge is -2.16. The smallest absolute Gasteiger partial charge is 0.240 e. The SMILES string of the molecule is CCCC1CC1N1CCC(NC)C1=O. The van der Waals surface area contributed by atoms with E-state index in [1.165, 1.54) is 19.3 Å². The van der Waals surface area contributed by atoms with Gasteiger partial charge in [-0.2, -0.15) is 0 Å². The molecule has 14 heavy (non-hydrogen) atoms. The number of rotatable bonds is 4. The minimum absolute atomic E-state index is 0.0953. The van der Waals surface area contributed by atoms with Crippen LogP contribution in [0.3, 0.4) is 0 Å². The number of likely N-dealkylation sites (tertiary alicyclic amines) is 1. The van der Waals surface area contributed by atoms with Crippen molar-refractivity contribution in [1.29, 1.82) is 0 Å². The fourth-order valence-corrected chi connectivity index (χ4v) is 2.59. The van der Waals surface area contributed by atoms with E-state index >= 15 is 0 Å². The highest BCUT2D eigenvalue weighted by Crippen LogP contribution is 2.40. The number of nitrogens with one attached hydrogen (secondary N) is 1. The number of hydrogen-bond donors (Lipinski definition) is 1. The average molecular weight is 196 g/mol.